The van der Waals surface area contributed by atoms with E-state index in [1.54, 1.807) is 18.2 Å². The summed E-state index contributed by atoms with van der Waals surface area (Å²) >= 11 is 0. The molecule has 0 radical (unpaired) electrons. The van der Waals surface area contributed by atoms with Crippen LogP contribution in [0, 0.1) is 0 Å². The molecular weight excluding hydrogens is 248 g/mol. The van der Waals surface area contributed by atoms with Crippen LogP contribution in [0.15, 0.2) is 18.2 Å². The van der Waals surface area contributed by atoms with Crippen molar-refractivity contribution in [2.75, 3.05) is 6.61 Å². The van der Waals surface area contributed by atoms with E-state index in [-0.39, 0.29) is 12.8 Å². The van der Waals surface area contributed by atoms with Crippen LogP contribution >= 0.6 is 0 Å². The molecule has 0 saturated heterocycles. The van der Waals surface area contributed by atoms with Crippen LogP contribution in [0.1, 0.15) is 30.9 Å². The number of ether oxygens (including phenoxy) is 1. The second-order valence-electron chi connectivity index (χ2n) is 4.27. The summed E-state index contributed by atoms with van der Waals surface area (Å²) < 4.78 is 5.49. The number of unbranched alkanes of at least 4 members (excludes halogenated alkanes) is 1. The summed E-state index contributed by atoms with van der Waals surface area (Å²) in [5.74, 6) is -1.39. The minimum atomic E-state index is -0.989. The molecule has 1 rings (SSSR count). The number of rotatable bonds is 8. The van der Waals surface area contributed by atoms with Gasteiger partial charge in [-0.05, 0) is 29.7 Å². The standard InChI is InChI=1S/C14H18O5/c1-2-3-6-19-12-5-4-10(8-13(15)16)11(7-12)9-14(17)18/h4-5,7H,2-3,6,8-9H2,1H3,(H,15,16)(H,17,18). The smallest absolute Gasteiger partial charge is 0.307 e. The number of hydrogen-bond donors (Lipinski definition) is 2. The predicted octanol–water partition coefficient (Wildman–Crippen LogP) is 2.12. The van der Waals surface area contributed by atoms with Crippen molar-refractivity contribution < 1.29 is 24.5 Å². The summed E-state index contributed by atoms with van der Waals surface area (Å²) in [5.41, 5.74) is 1.00. The zero-order valence-electron chi connectivity index (χ0n) is 10.9. The van der Waals surface area contributed by atoms with Gasteiger partial charge in [-0.3, -0.25) is 9.59 Å². The predicted molar refractivity (Wildman–Crippen MR) is 69.5 cm³/mol. The topological polar surface area (TPSA) is 83.8 Å². The number of carboxylic acid groups (broad SMARTS) is 2. The first kappa shape index (κ1) is 15.0. The Balaban J connectivity index is 2.87. The third kappa shape index (κ3) is 5.42. The molecule has 1 aromatic rings. The highest BCUT2D eigenvalue weighted by atomic mass is 16.5. The lowest BCUT2D eigenvalue weighted by molar-refractivity contribution is -0.137. The van der Waals surface area contributed by atoms with Crippen LogP contribution in [0.2, 0.25) is 0 Å². The Morgan fingerprint density at radius 3 is 2.32 bits per heavy atom. The summed E-state index contributed by atoms with van der Waals surface area (Å²) in [7, 11) is 0. The third-order valence-electron chi connectivity index (χ3n) is 2.63. The summed E-state index contributed by atoms with van der Waals surface area (Å²) in [6.07, 6.45) is 1.55. The van der Waals surface area contributed by atoms with Gasteiger partial charge in [-0.25, -0.2) is 0 Å². The first-order valence-electron chi connectivity index (χ1n) is 6.21. The van der Waals surface area contributed by atoms with E-state index in [0.717, 1.165) is 12.8 Å². The van der Waals surface area contributed by atoms with Crippen molar-refractivity contribution in [3.63, 3.8) is 0 Å². The largest absolute Gasteiger partial charge is 0.494 e. The highest BCUT2D eigenvalue weighted by Crippen LogP contribution is 2.20. The maximum atomic E-state index is 10.8. The highest BCUT2D eigenvalue weighted by molar-refractivity contribution is 5.74. The van der Waals surface area contributed by atoms with Gasteiger partial charge in [0.05, 0.1) is 19.4 Å². The molecule has 0 spiro atoms. The monoisotopic (exact) mass is 266 g/mol. The molecule has 0 heterocycles. The van der Waals surface area contributed by atoms with Crippen molar-refractivity contribution in [1.82, 2.24) is 0 Å². The van der Waals surface area contributed by atoms with Crippen LogP contribution in [0.3, 0.4) is 0 Å². The average molecular weight is 266 g/mol. The molecule has 0 aromatic heterocycles. The fourth-order valence-electron chi connectivity index (χ4n) is 1.69. The molecule has 5 heteroatoms. The van der Waals surface area contributed by atoms with Gasteiger partial charge in [0.2, 0.25) is 0 Å². The van der Waals surface area contributed by atoms with Crippen molar-refractivity contribution in [2.45, 2.75) is 32.6 Å². The Hall–Kier alpha value is -2.04. The maximum Gasteiger partial charge on any atom is 0.307 e. The summed E-state index contributed by atoms with van der Waals surface area (Å²) in [6.45, 7) is 2.62. The lowest BCUT2D eigenvalue weighted by Crippen LogP contribution is -2.08. The van der Waals surface area contributed by atoms with Crippen LogP contribution in [0.25, 0.3) is 0 Å². The first-order valence-corrected chi connectivity index (χ1v) is 6.21. The van der Waals surface area contributed by atoms with Crippen molar-refractivity contribution in [2.24, 2.45) is 0 Å². The van der Waals surface area contributed by atoms with Gasteiger partial charge < -0.3 is 14.9 Å². The lowest BCUT2D eigenvalue weighted by atomic mass is 10.0. The zero-order valence-corrected chi connectivity index (χ0v) is 10.9. The van der Waals surface area contributed by atoms with Crippen LogP contribution in [0.5, 0.6) is 5.75 Å². The van der Waals surface area contributed by atoms with Gasteiger partial charge in [0, 0.05) is 0 Å². The molecule has 104 valence electrons. The third-order valence-corrected chi connectivity index (χ3v) is 2.63. The molecule has 0 bridgehead atoms. The zero-order chi connectivity index (χ0) is 14.3. The SMILES string of the molecule is CCCCOc1ccc(CC(=O)O)c(CC(=O)O)c1. The molecule has 0 amide bonds. The maximum absolute atomic E-state index is 10.8. The van der Waals surface area contributed by atoms with Gasteiger partial charge in [-0.15, -0.1) is 0 Å². The fraction of sp³-hybridized carbons (Fsp3) is 0.429. The number of aliphatic carboxylic acids is 2. The molecular formula is C14H18O5. The Morgan fingerprint density at radius 1 is 1.11 bits per heavy atom. The highest BCUT2D eigenvalue weighted by Gasteiger charge is 2.11. The van der Waals surface area contributed by atoms with Gasteiger partial charge in [0.1, 0.15) is 5.75 Å². The normalized spacial score (nSPS) is 10.2. The van der Waals surface area contributed by atoms with Gasteiger partial charge in [-0.2, -0.15) is 0 Å². The molecule has 0 aliphatic carbocycles. The van der Waals surface area contributed by atoms with Crippen LogP contribution in [-0.2, 0) is 22.4 Å². The lowest BCUT2D eigenvalue weighted by Gasteiger charge is -2.10. The Bertz CT molecular complexity index is 453. The quantitative estimate of drug-likeness (QED) is 0.704. The molecule has 0 aliphatic heterocycles. The molecule has 0 atom stereocenters. The Labute approximate surface area is 111 Å². The number of benzene rings is 1. The molecule has 0 saturated carbocycles. The summed E-state index contributed by atoms with van der Waals surface area (Å²) in [5, 5.41) is 17.6. The second kappa shape index (κ2) is 7.41. The summed E-state index contributed by atoms with van der Waals surface area (Å²) in [4.78, 5) is 21.5. The molecule has 2 N–H and O–H groups in total. The fourth-order valence-corrected chi connectivity index (χ4v) is 1.69. The molecule has 1 aromatic carbocycles. The van der Waals surface area contributed by atoms with E-state index in [2.05, 4.69) is 6.92 Å². The van der Waals surface area contributed by atoms with Crippen LogP contribution in [-0.4, -0.2) is 28.8 Å². The number of hydrogen-bond acceptors (Lipinski definition) is 3. The van der Waals surface area contributed by atoms with Gasteiger partial charge in [0.25, 0.3) is 0 Å². The summed E-state index contributed by atoms with van der Waals surface area (Å²) in [6, 6.07) is 4.91. The van der Waals surface area contributed by atoms with Crippen LogP contribution < -0.4 is 4.74 Å². The first-order chi connectivity index (χ1) is 9.02. The van der Waals surface area contributed by atoms with E-state index in [9.17, 15) is 9.59 Å². The Morgan fingerprint density at radius 2 is 1.74 bits per heavy atom. The number of carboxylic acids is 2. The van der Waals surface area contributed by atoms with Gasteiger partial charge >= 0.3 is 11.9 Å². The van der Waals surface area contributed by atoms with Gasteiger partial charge in [-0.1, -0.05) is 19.4 Å². The van der Waals surface area contributed by atoms with Crippen molar-refractivity contribution >= 4 is 11.9 Å². The minimum absolute atomic E-state index is 0.183. The minimum Gasteiger partial charge on any atom is -0.494 e. The van der Waals surface area contributed by atoms with E-state index in [1.165, 1.54) is 0 Å². The van der Waals surface area contributed by atoms with E-state index in [4.69, 9.17) is 14.9 Å². The number of carbonyl (C=O) groups is 2. The van der Waals surface area contributed by atoms with E-state index < -0.39 is 11.9 Å². The van der Waals surface area contributed by atoms with Crippen molar-refractivity contribution in [1.29, 1.82) is 0 Å². The molecule has 19 heavy (non-hydrogen) atoms. The van der Waals surface area contributed by atoms with Gasteiger partial charge in [0.15, 0.2) is 0 Å². The second-order valence-corrected chi connectivity index (χ2v) is 4.27. The van der Waals surface area contributed by atoms with Crippen molar-refractivity contribution in [3.8, 4) is 5.75 Å². The van der Waals surface area contributed by atoms with E-state index >= 15 is 0 Å². The molecule has 0 fully saturated rings. The van der Waals surface area contributed by atoms with E-state index in [1.807, 2.05) is 0 Å². The average Bonchev–Trinajstić information content (AvgIpc) is 2.31. The Kier molecular flexibility index (Phi) is 5.85. The molecule has 0 aliphatic rings. The van der Waals surface area contributed by atoms with E-state index in [0.29, 0.717) is 23.5 Å². The van der Waals surface area contributed by atoms with Crippen molar-refractivity contribution in [3.05, 3.63) is 29.3 Å². The molecule has 0 unspecified atom stereocenters. The van der Waals surface area contributed by atoms with Crippen LogP contribution in [0.4, 0.5) is 0 Å². The molecule has 5 nitrogen and oxygen atoms in total.